The van der Waals surface area contributed by atoms with E-state index in [-0.39, 0.29) is 18.2 Å². The van der Waals surface area contributed by atoms with Gasteiger partial charge in [-0.2, -0.15) is 0 Å². The number of nitrogens with zero attached hydrogens (tertiary/aromatic N) is 1. The molecule has 0 fully saturated rings. The van der Waals surface area contributed by atoms with Gasteiger partial charge in [-0.1, -0.05) is 30.3 Å². The fourth-order valence-electron chi connectivity index (χ4n) is 2.71. The molecule has 2 N–H and O–H groups in total. The van der Waals surface area contributed by atoms with E-state index in [1.54, 1.807) is 62.6 Å². The molecule has 1 atom stereocenters. The van der Waals surface area contributed by atoms with E-state index >= 15 is 0 Å². The maximum Gasteiger partial charge on any atom is 0.308 e. The molecular formula is C22H25N3O5. The van der Waals surface area contributed by atoms with Gasteiger partial charge in [0.05, 0.1) is 12.5 Å². The van der Waals surface area contributed by atoms with Crippen molar-refractivity contribution in [1.29, 1.82) is 0 Å². The van der Waals surface area contributed by atoms with Crippen LogP contribution in [0, 0.1) is 0 Å². The second-order valence-electron chi connectivity index (χ2n) is 6.85. The first kappa shape index (κ1) is 22.6. The van der Waals surface area contributed by atoms with E-state index in [0.717, 1.165) is 5.56 Å². The molecule has 2 rings (SSSR count). The van der Waals surface area contributed by atoms with E-state index in [4.69, 9.17) is 4.74 Å². The van der Waals surface area contributed by atoms with Crippen LogP contribution in [-0.2, 0) is 19.1 Å². The summed E-state index contributed by atoms with van der Waals surface area (Å²) in [7, 11) is 3.31. The van der Waals surface area contributed by atoms with E-state index in [9.17, 15) is 19.2 Å². The molecule has 3 amide bonds. The van der Waals surface area contributed by atoms with Crippen molar-refractivity contribution in [2.75, 3.05) is 26.0 Å². The third kappa shape index (κ3) is 7.05. The van der Waals surface area contributed by atoms with E-state index in [2.05, 4.69) is 10.6 Å². The number of carbonyl (C=O) groups excluding carboxylic acids is 4. The average molecular weight is 411 g/mol. The molecule has 0 heterocycles. The molecule has 8 heteroatoms. The zero-order chi connectivity index (χ0) is 22.1. The second kappa shape index (κ2) is 10.8. The number of anilines is 1. The quantitative estimate of drug-likeness (QED) is 0.648. The smallest absolute Gasteiger partial charge is 0.308 e. The molecule has 158 valence electrons. The molecule has 8 nitrogen and oxygen atoms in total. The van der Waals surface area contributed by atoms with Crippen LogP contribution < -0.4 is 10.6 Å². The van der Waals surface area contributed by atoms with Crippen LogP contribution in [0.1, 0.15) is 35.3 Å². The van der Waals surface area contributed by atoms with Crippen LogP contribution in [0.3, 0.4) is 0 Å². The predicted molar refractivity (Wildman–Crippen MR) is 112 cm³/mol. The lowest BCUT2D eigenvalue weighted by Crippen LogP contribution is -2.29. The average Bonchev–Trinajstić information content (AvgIpc) is 2.72. The maximum absolute atomic E-state index is 12.2. The van der Waals surface area contributed by atoms with Crippen LogP contribution in [0.4, 0.5) is 5.69 Å². The van der Waals surface area contributed by atoms with Crippen LogP contribution in [0.25, 0.3) is 0 Å². The van der Waals surface area contributed by atoms with Crippen molar-refractivity contribution < 1.29 is 23.9 Å². The molecule has 0 saturated carbocycles. The number of hydrogen-bond acceptors (Lipinski definition) is 5. The van der Waals surface area contributed by atoms with Crippen molar-refractivity contribution in [3.63, 3.8) is 0 Å². The van der Waals surface area contributed by atoms with Crippen molar-refractivity contribution in [3.05, 3.63) is 65.7 Å². The van der Waals surface area contributed by atoms with Gasteiger partial charge >= 0.3 is 5.97 Å². The lowest BCUT2D eigenvalue weighted by molar-refractivity contribution is -0.148. The summed E-state index contributed by atoms with van der Waals surface area (Å²) < 4.78 is 5.04. The van der Waals surface area contributed by atoms with Gasteiger partial charge < -0.3 is 20.3 Å². The molecule has 0 spiro atoms. The largest absolute Gasteiger partial charge is 0.455 e. The summed E-state index contributed by atoms with van der Waals surface area (Å²) in [5, 5.41) is 5.30. The summed E-state index contributed by atoms with van der Waals surface area (Å²) in [4.78, 5) is 49.0. The Morgan fingerprint density at radius 1 is 0.967 bits per heavy atom. The molecule has 0 aliphatic heterocycles. The highest BCUT2D eigenvalue weighted by Gasteiger charge is 2.19. The number of carbonyl (C=O) groups is 4. The number of benzene rings is 2. The molecule has 30 heavy (non-hydrogen) atoms. The number of nitrogens with one attached hydrogen (secondary N) is 2. The highest BCUT2D eigenvalue weighted by molar-refractivity contribution is 5.96. The highest BCUT2D eigenvalue weighted by atomic mass is 16.5. The molecule has 0 aliphatic rings. The van der Waals surface area contributed by atoms with Gasteiger partial charge in [-0.3, -0.25) is 19.2 Å². The van der Waals surface area contributed by atoms with E-state index in [1.165, 1.54) is 11.8 Å². The van der Waals surface area contributed by atoms with Crippen molar-refractivity contribution >= 4 is 29.4 Å². The minimum absolute atomic E-state index is 0.0990. The Hall–Kier alpha value is -3.68. The summed E-state index contributed by atoms with van der Waals surface area (Å²) in [6.07, 6.45) is -0.0990. The van der Waals surface area contributed by atoms with Gasteiger partial charge in [0, 0.05) is 32.3 Å². The fourth-order valence-corrected chi connectivity index (χ4v) is 2.71. The van der Waals surface area contributed by atoms with Gasteiger partial charge in [0.2, 0.25) is 5.91 Å². The highest BCUT2D eigenvalue weighted by Crippen LogP contribution is 2.17. The van der Waals surface area contributed by atoms with Gasteiger partial charge in [-0.05, 0) is 29.8 Å². The first-order valence-corrected chi connectivity index (χ1v) is 9.35. The van der Waals surface area contributed by atoms with Crippen molar-refractivity contribution in [2.45, 2.75) is 19.4 Å². The van der Waals surface area contributed by atoms with Crippen LogP contribution in [0.5, 0.6) is 0 Å². The third-order valence-electron chi connectivity index (χ3n) is 4.14. The molecular weight excluding hydrogens is 386 g/mol. The Morgan fingerprint density at radius 2 is 1.60 bits per heavy atom. The maximum atomic E-state index is 12.2. The summed E-state index contributed by atoms with van der Waals surface area (Å²) >= 11 is 0. The van der Waals surface area contributed by atoms with Crippen molar-refractivity contribution in [1.82, 2.24) is 10.2 Å². The topological polar surface area (TPSA) is 105 Å². The Kier molecular flexibility index (Phi) is 8.10. The van der Waals surface area contributed by atoms with Crippen LogP contribution in [-0.4, -0.2) is 49.3 Å². The molecule has 0 saturated heterocycles. The van der Waals surface area contributed by atoms with Crippen LogP contribution in [0.15, 0.2) is 54.6 Å². The van der Waals surface area contributed by atoms with Gasteiger partial charge in [0.1, 0.15) is 0 Å². The first-order chi connectivity index (χ1) is 14.3. The van der Waals surface area contributed by atoms with Gasteiger partial charge in [-0.25, -0.2) is 0 Å². The monoisotopic (exact) mass is 411 g/mol. The van der Waals surface area contributed by atoms with Gasteiger partial charge in [0.15, 0.2) is 6.61 Å². The Morgan fingerprint density at radius 3 is 2.17 bits per heavy atom. The number of ether oxygens (including phenoxy) is 1. The lowest BCUT2D eigenvalue weighted by atomic mass is 10.0. The number of hydrogen-bond donors (Lipinski definition) is 2. The fraction of sp³-hybridized carbons (Fsp3) is 0.273. The predicted octanol–water partition coefficient (Wildman–Crippen LogP) is 2.14. The van der Waals surface area contributed by atoms with Crippen molar-refractivity contribution in [2.24, 2.45) is 0 Å². The molecule has 0 unspecified atom stereocenters. The lowest BCUT2D eigenvalue weighted by Gasteiger charge is -2.17. The Balaban J connectivity index is 1.86. The van der Waals surface area contributed by atoms with Crippen molar-refractivity contribution in [3.8, 4) is 0 Å². The van der Waals surface area contributed by atoms with Gasteiger partial charge in [-0.15, -0.1) is 0 Å². The summed E-state index contributed by atoms with van der Waals surface area (Å²) in [5.74, 6) is -1.54. The zero-order valence-electron chi connectivity index (χ0n) is 17.2. The minimum atomic E-state index is -0.611. The van der Waals surface area contributed by atoms with Crippen LogP contribution in [0.2, 0.25) is 0 Å². The second-order valence-corrected chi connectivity index (χ2v) is 6.85. The number of amides is 3. The van der Waals surface area contributed by atoms with Gasteiger partial charge in [0.25, 0.3) is 11.8 Å². The number of rotatable bonds is 8. The summed E-state index contributed by atoms with van der Waals surface area (Å²) in [5.41, 5.74) is 1.74. The third-order valence-corrected chi connectivity index (χ3v) is 4.14. The number of esters is 1. The molecule has 0 bridgehead atoms. The zero-order valence-corrected chi connectivity index (χ0v) is 17.2. The minimum Gasteiger partial charge on any atom is -0.455 e. The normalized spacial score (nSPS) is 11.2. The summed E-state index contributed by atoms with van der Waals surface area (Å²) in [6, 6.07) is 14.9. The van der Waals surface area contributed by atoms with E-state index in [0.29, 0.717) is 11.3 Å². The van der Waals surface area contributed by atoms with Crippen LogP contribution >= 0.6 is 0 Å². The Bertz CT molecular complexity index is 895. The molecule has 0 radical (unpaired) electrons. The molecule has 0 aliphatic carbocycles. The van der Waals surface area contributed by atoms with E-state index < -0.39 is 24.5 Å². The molecule has 0 aromatic heterocycles. The van der Waals surface area contributed by atoms with E-state index in [1.807, 2.05) is 6.07 Å². The Labute approximate surface area is 175 Å². The first-order valence-electron chi connectivity index (χ1n) is 9.35. The standard InChI is InChI=1S/C22H25N3O5/c1-15(26)23-19(16-7-5-4-6-8-16)13-21(28)30-14-20(27)24-18-11-9-17(10-12-18)22(29)25(2)3/h4-12,19H,13-14H2,1-3H3,(H,23,26)(H,24,27)/t19-/m0/s1. The molecule has 2 aromatic rings. The molecule has 2 aromatic carbocycles. The SMILES string of the molecule is CC(=O)N[C@@H](CC(=O)OCC(=O)Nc1ccc(C(=O)N(C)C)cc1)c1ccccc1. The summed E-state index contributed by atoms with van der Waals surface area (Å²) in [6.45, 7) is 0.908.